The van der Waals surface area contributed by atoms with Gasteiger partial charge in [-0.15, -0.1) is 0 Å². The summed E-state index contributed by atoms with van der Waals surface area (Å²) in [6, 6.07) is 0. The average molecular weight is 279 g/mol. The van der Waals surface area contributed by atoms with Crippen molar-refractivity contribution in [1.82, 2.24) is 19.5 Å². The van der Waals surface area contributed by atoms with Crippen molar-refractivity contribution >= 4 is 23.1 Å². The Hall–Kier alpha value is -2.22. The van der Waals surface area contributed by atoms with E-state index in [4.69, 9.17) is 10.5 Å². The molecular weight excluding hydrogens is 262 g/mol. The summed E-state index contributed by atoms with van der Waals surface area (Å²) < 4.78 is 6.74. The number of ether oxygens (including phenoxy) is 1. The summed E-state index contributed by atoms with van der Waals surface area (Å²) in [7, 11) is 0. The van der Waals surface area contributed by atoms with Crippen molar-refractivity contribution in [2.75, 3.05) is 18.9 Å². The molecule has 0 aliphatic rings. The maximum atomic E-state index is 10.8. The first kappa shape index (κ1) is 14.2. The smallest absolute Gasteiger partial charge is 0.302 e. The van der Waals surface area contributed by atoms with Crippen LogP contribution in [0.1, 0.15) is 13.3 Å². The first-order valence-corrected chi connectivity index (χ1v) is 6.27. The molecule has 0 bridgehead atoms. The molecule has 0 fully saturated rings. The Kier molecular flexibility index (Phi) is 4.46. The van der Waals surface area contributed by atoms with Crippen molar-refractivity contribution in [2.45, 2.75) is 19.9 Å². The first-order chi connectivity index (χ1) is 9.60. The second kappa shape index (κ2) is 6.29. The molecule has 2 aromatic heterocycles. The maximum Gasteiger partial charge on any atom is 0.302 e. The van der Waals surface area contributed by atoms with E-state index in [9.17, 15) is 9.90 Å². The highest BCUT2D eigenvalue weighted by molar-refractivity contribution is 5.70. The molecule has 1 atom stereocenters. The number of nitrogen functional groups attached to an aromatic ring is 1. The SMILES string of the molecule is CC(=O)OC[C@H](CO)CCn1cnc2cnc(N)nc21. The highest BCUT2D eigenvalue weighted by Gasteiger charge is 2.12. The lowest BCUT2D eigenvalue weighted by molar-refractivity contribution is -0.142. The molecule has 0 saturated heterocycles. The molecule has 2 aromatic rings. The van der Waals surface area contributed by atoms with Gasteiger partial charge in [0.2, 0.25) is 5.95 Å². The molecule has 2 heterocycles. The lowest BCUT2D eigenvalue weighted by Crippen LogP contribution is -2.18. The number of nitrogens with two attached hydrogens (primary N) is 1. The number of aromatic nitrogens is 4. The molecule has 0 spiro atoms. The molecule has 0 aromatic carbocycles. The second-order valence-electron chi connectivity index (χ2n) is 4.51. The quantitative estimate of drug-likeness (QED) is 0.713. The van der Waals surface area contributed by atoms with Gasteiger partial charge < -0.3 is 20.1 Å². The van der Waals surface area contributed by atoms with E-state index >= 15 is 0 Å². The topological polar surface area (TPSA) is 116 Å². The van der Waals surface area contributed by atoms with Crippen LogP contribution >= 0.6 is 0 Å². The van der Waals surface area contributed by atoms with Gasteiger partial charge in [0.05, 0.1) is 19.1 Å². The van der Waals surface area contributed by atoms with Gasteiger partial charge in [0.1, 0.15) is 5.52 Å². The maximum absolute atomic E-state index is 10.8. The second-order valence-corrected chi connectivity index (χ2v) is 4.51. The zero-order valence-electron chi connectivity index (χ0n) is 11.2. The predicted octanol–water partition coefficient (Wildman–Crippen LogP) is -0.0298. The molecule has 0 amide bonds. The fraction of sp³-hybridized carbons (Fsp3) is 0.500. The largest absolute Gasteiger partial charge is 0.465 e. The van der Waals surface area contributed by atoms with Gasteiger partial charge in [-0.05, 0) is 6.42 Å². The minimum Gasteiger partial charge on any atom is -0.465 e. The number of fused-ring (bicyclic) bond motifs is 1. The minimum absolute atomic E-state index is 0.0446. The van der Waals surface area contributed by atoms with Crippen LogP contribution in [0.3, 0.4) is 0 Å². The Morgan fingerprint density at radius 1 is 1.55 bits per heavy atom. The molecule has 2 rings (SSSR count). The lowest BCUT2D eigenvalue weighted by atomic mass is 10.1. The van der Waals surface area contributed by atoms with Crippen LogP contribution in [0, 0.1) is 5.92 Å². The zero-order valence-corrected chi connectivity index (χ0v) is 11.2. The van der Waals surface area contributed by atoms with Gasteiger partial charge in [-0.1, -0.05) is 0 Å². The number of hydrogen-bond acceptors (Lipinski definition) is 7. The summed E-state index contributed by atoms with van der Waals surface area (Å²) in [5, 5.41) is 9.26. The van der Waals surface area contributed by atoms with Crippen LogP contribution in [0.4, 0.5) is 5.95 Å². The normalized spacial score (nSPS) is 12.5. The molecule has 8 nitrogen and oxygen atoms in total. The lowest BCUT2D eigenvalue weighted by Gasteiger charge is -2.14. The van der Waals surface area contributed by atoms with Crippen LogP contribution in [0.15, 0.2) is 12.5 Å². The molecule has 20 heavy (non-hydrogen) atoms. The predicted molar refractivity (Wildman–Crippen MR) is 71.6 cm³/mol. The summed E-state index contributed by atoms with van der Waals surface area (Å²) >= 11 is 0. The molecule has 0 aliphatic heterocycles. The summed E-state index contributed by atoms with van der Waals surface area (Å²) in [5.41, 5.74) is 6.88. The summed E-state index contributed by atoms with van der Waals surface area (Å²) in [6.07, 6.45) is 3.86. The Morgan fingerprint density at radius 3 is 3.05 bits per heavy atom. The van der Waals surface area contributed by atoms with Gasteiger partial charge in [-0.2, -0.15) is 4.98 Å². The van der Waals surface area contributed by atoms with Crippen LogP contribution in [0.5, 0.6) is 0 Å². The van der Waals surface area contributed by atoms with Crippen LogP contribution in [-0.4, -0.2) is 43.8 Å². The fourth-order valence-corrected chi connectivity index (χ4v) is 1.82. The Labute approximate surface area is 115 Å². The van der Waals surface area contributed by atoms with Crippen molar-refractivity contribution in [3.63, 3.8) is 0 Å². The third-order valence-electron chi connectivity index (χ3n) is 2.94. The van der Waals surface area contributed by atoms with E-state index in [0.717, 1.165) is 0 Å². The van der Waals surface area contributed by atoms with Gasteiger partial charge in [0, 0.05) is 26.0 Å². The number of carbonyl (C=O) groups excluding carboxylic acids is 1. The number of hydrogen-bond donors (Lipinski definition) is 2. The Bertz CT molecular complexity index is 598. The van der Waals surface area contributed by atoms with Gasteiger partial charge >= 0.3 is 5.97 Å². The molecule has 0 unspecified atom stereocenters. The van der Waals surface area contributed by atoms with Crippen molar-refractivity contribution in [2.24, 2.45) is 5.92 Å². The van der Waals surface area contributed by atoms with Crippen molar-refractivity contribution in [3.05, 3.63) is 12.5 Å². The summed E-state index contributed by atoms with van der Waals surface area (Å²) in [4.78, 5) is 22.9. The number of aliphatic hydroxyl groups is 1. The molecular formula is C12H17N5O3. The van der Waals surface area contributed by atoms with Gasteiger partial charge in [0.15, 0.2) is 5.65 Å². The number of aliphatic hydroxyl groups excluding tert-OH is 1. The van der Waals surface area contributed by atoms with E-state index in [2.05, 4.69) is 15.0 Å². The van der Waals surface area contributed by atoms with Crippen LogP contribution < -0.4 is 5.73 Å². The standard InChI is InChI=1S/C12H17N5O3/c1-8(19)20-6-9(5-18)2-3-17-7-15-10-4-14-12(13)16-11(10)17/h4,7,9,18H,2-3,5-6H2,1H3,(H2,13,14,16)/t9-/m0/s1. The Morgan fingerprint density at radius 2 is 2.35 bits per heavy atom. The zero-order chi connectivity index (χ0) is 14.5. The van der Waals surface area contributed by atoms with Crippen LogP contribution in [0.25, 0.3) is 11.2 Å². The Balaban J connectivity index is 2.00. The van der Waals surface area contributed by atoms with Crippen molar-refractivity contribution < 1.29 is 14.6 Å². The van der Waals surface area contributed by atoms with E-state index < -0.39 is 0 Å². The van der Waals surface area contributed by atoms with Gasteiger partial charge in [-0.25, -0.2) is 9.97 Å². The number of nitrogens with zero attached hydrogens (tertiary/aromatic N) is 4. The minimum atomic E-state index is -0.350. The average Bonchev–Trinajstić information content (AvgIpc) is 2.81. The third-order valence-corrected chi connectivity index (χ3v) is 2.94. The van der Waals surface area contributed by atoms with Gasteiger partial charge in [-0.3, -0.25) is 4.79 Å². The third kappa shape index (κ3) is 3.41. The fourth-order valence-electron chi connectivity index (χ4n) is 1.82. The summed E-state index contributed by atoms with van der Waals surface area (Å²) in [5.74, 6) is -0.273. The van der Waals surface area contributed by atoms with Crippen molar-refractivity contribution in [3.8, 4) is 0 Å². The number of imidazole rings is 1. The number of aryl methyl sites for hydroxylation is 1. The molecule has 0 aliphatic carbocycles. The number of anilines is 1. The molecule has 8 heteroatoms. The number of rotatable bonds is 6. The van der Waals surface area contributed by atoms with Crippen molar-refractivity contribution in [1.29, 1.82) is 0 Å². The molecule has 108 valence electrons. The molecule has 3 N–H and O–H groups in total. The monoisotopic (exact) mass is 279 g/mol. The van der Waals surface area contributed by atoms with E-state index in [1.165, 1.54) is 6.92 Å². The molecule has 0 radical (unpaired) electrons. The van der Waals surface area contributed by atoms with Crippen LogP contribution in [0.2, 0.25) is 0 Å². The number of carbonyl (C=O) groups is 1. The number of esters is 1. The van der Waals surface area contributed by atoms with E-state index in [1.807, 2.05) is 4.57 Å². The highest BCUT2D eigenvalue weighted by atomic mass is 16.5. The highest BCUT2D eigenvalue weighted by Crippen LogP contribution is 2.13. The van der Waals surface area contributed by atoms with E-state index in [-0.39, 0.29) is 31.0 Å². The van der Waals surface area contributed by atoms with Crippen LogP contribution in [-0.2, 0) is 16.1 Å². The summed E-state index contributed by atoms with van der Waals surface area (Å²) in [6.45, 7) is 2.10. The van der Waals surface area contributed by atoms with Gasteiger partial charge in [0.25, 0.3) is 0 Å². The molecule has 0 saturated carbocycles. The first-order valence-electron chi connectivity index (χ1n) is 6.27. The van der Waals surface area contributed by atoms with E-state index in [1.54, 1.807) is 12.5 Å². The van der Waals surface area contributed by atoms with E-state index in [0.29, 0.717) is 24.1 Å².